The number of pyridine rings is 1. The average Bonchev–Trinajstić information content (AvgIpc) is 3.16. The van der Waals surface area contributed by atoms with Crippen LogP contribution in [0.4, 0.5) is 5.82 Å². The zero-order valence-corrected chi connectivity index (χ0v) is 11.3. The van der Waals surface area contributed by atoms with Crippen molar-refractivity contribution in [1.29, 1.82) is 0 Å². The zero-order chi connectivity index (χ0) is 14.1. The van der Waals surface area contributed by atoms with Crippen LogP contribution < -0.4 is 5.43 Å². The second-order valence-corrected chi connectivity index (χ2v) is 4.87. The van der Waals surface area contributed by atoms with Crippen molar-refractivity contribution in [1.82, 2.24) is 24.6 Å². The van der Waals surface area contributed by atoms with Crippen molar-refractivity contribution in [2.24, 2.45) is 5.10 Å². The Kier molecular flexibility index (Phi) is 2.81. The fourth-order valence-electron chi connectivity index (χ4n) is 2.56. The summed E-state index contributed by atoms with van der Waals surface area (Å²) in [5.74, 6) is 1.46. The molecule has 0 radical (unpaired) electrons. The quantitative estimate of drug-likeness (QED) is 0.580. The maximum Gasteiger partial charge on any atom is 0.254 e. The Balaban J connectivity index is 1.70. The molecule has 0 bridgehead atoms. The Morgan fingerprint density at radius 1 is 1.33 bits per heavy atom. The molecule has 0 unspecified atom stereocenters. The lowest BCUT2D eigenvalue weighted by atomic mass is 10.2. The summed E-state index contributed by atoms with van der Waals surface area (Å²) in [6.45, 7) is 0. The van der Waals surface area contributed by atoms with E-state index in [1.807, 2.05) is 12.1 Å². The summed E-state index contributed by atoms with van der Waals surface area (Å²) in [5, 5.41) is 8.50. The van der Waals surface area contributed by atoms with Crippen LogP contribution in [0, 0.1) is 0 Å². The van der Waals surface area contributed by atoms with Gasteiger partial charge in [0.15, 0.2) is 5.82 Å². The minimum absolute atomic E-state index is 0.606. The minimum atomic E-state index is 0.606. The molecular formula is C14H13N7. The van der Waals surface area contributed by atoms with Crippen molar-refractivity contribution in [2.45, 2.75) is 19.3 Å². The second kappa shape index (κ2) is 4.93. The van der Waals surface area contributed by atoms with Gasteiger partial charge in [-0.25, -0.2) is 4.98 Å². The Bertz CT molecular complexity index is 807. The third-order valence-corrected chi connectivity index (χ3v) is 3.52. The summed E-state index contributed by atoms with van der Waals surface area (Å²) < 4.78 is 1.70. The maximum atomic E-state index is 4.53. The topological polar surface area (TPSA) is 80.4 Å². The molecule has 0 atom stereocenters. The van der Waals surface area contributed by atoms with Gasteiger partial charge in [0.2, 0.25) is 0 Å². The Morgan fingerprint density at radius 3 is 3.24 bits per heavy atom. The Labute approximate surface area is 120 Å². The Hall–Kier alpha value is -2.83. The number of aromatic nitrogens is 5. The first kappa shape index (κ1) is 12.0. The summed E-state index contributed by atoms with van der Waals surface area (Å²) in [6.07, 6.45) is 9.82. The molecule has 21 heavy (non-hydrogen) atoms. The van der Waals surface area contributed by atoms with Gasteiger partial charge in [-0.05, 0) is 25.3 Å². The highest BCUT2D eigenvalue weighted by atomic mass is 15.4. The van der Waals surface area contributed by atoms with Crippen molar-refractivity contribution in [3.63, 3.8) is 0 Å². The van der Waals surface area contributed by atoms with E-state index in [1.54, 1.807) is 23.1 Å². The van der Waals surface area contributed by atoms with E-state index < -0.39 is 0 Å². The number of fused-ring (bicyclic) bond motifs is 2. The molecule has 0 fully saturated rings. The first-order valence-electron chi connectivity index (χ1n) is 6.82. The fourth-order valence-corrected chi connectivity index (χ4v) is 2.56. The van der Waals surface area contributed by atoms with E-state index in [2.05, 4.69) is 30.6 Å². The lowest BCUT2D eigenvalue weighted by molar-refractivity contribution is 0.900. The normalized spacial score (nSPS) is 13.9. The lowest BCUT2D eigenvalue weighted by Crippen LogP contribution is -2.06. The van der Waals surface area contributed by atoms with Crippen LogP contribution in [0.25, 0.3) is 5.78 Å². The average molecular weight is 279 g/mol. The van der Waals surface area contributed by atoms with Gasteiger partial charge in [0, 0.05) is 23.5 Å². The molecule has 104 valence electrons. The van der Waals surface area contributed by atoms with Gasteiger partial charge in [-0.1, -0.05) is 6.07 Å². The van der Waals surface area contributed by atoms with Crippen LogP contribution in [-0.4, -0.2) is 30.8 Å². The molecule has 0 saturated carbocycles. The SMILES string of the molecule is C(=NNc1c2c(nc3ncnn13)CCC2)c1cccnc1. The number of hydrogen-bond acceptors (Lipinski definition) is 6. The monoisotopic (exact) mass is 279 g/mol. The number of aryl methyl sites for hydroxylation is 1. The molecule has 7 nitrogen and oxygen atoms in total. The van der Waals surface area contributed by atoms with E-state index in [4.69, 9.17) is 0 Å². The Morgan fingerprint density at radius 2 is 2.33 bits per heavy atom. The van der Waals surface area contributed by atoms with Gasteiger partial charge in [0.05, 0.1) is 11.9 Å². The maximum absolute atomic E-state index is 4.53. The predicted molar refractivity (Wildman–Crippen MR) is 78.3 cm³/mol. The van der Waals surface area contributed by atoms with Gasteiger partial charge >= 0.3 is 0 Å². The van der Waals surface area contributed by atoms with Gasteiger partial charge in [-0.3, -0.25) is 10.4 Å². The van der Waals surface area contributed by atoms with Crippen LogP contribution in [0.2, 0.25) is 0 Å². The molecule has 4 rings (SSSR count). The molecule has 3 heterocycles. The van der Waals surface area contributed by atoms with Gasteiger partial charge in [0.25, 0.3) is 5.78 Å². The van der Waals surface area contributed by atoms with Crippen LogP contribution in [0.3, 0.4) is 0 Å². The van der Waals surface area contributed by atoms with Crippen molar-refractivity contribution >= 4 is 17.8 Å². The molecule has 0 saturated heterocycles. The molecular weight excluding hydrogens is 266 g/mol. The van der Waals surface area contributed by atoms with Crippen molar-refractivity contribution in [2.75, 3.05) is 5.43 Å². The molecule has 0 aliphatic heterocycles. The number of nitrogens with zero attached hydrogens (tertiary/aromatic N) is 6. The molecule has 3 aromatic rings. The van der Waals surface area contributed by atoms with Crippen LogP contribution in [-0.2, 0) is 12.8 Å². The van der Waals surface area contributed by atoms with E-state index >= 15 is 0 Å². The van der Waals surface area contributed by atoms with Gasteiger partial charge in [-0.2, -0.15) is 19.7 Å². The highest BCUT2D eigenvalue weighted by Crippen LogP contribution is 2.27. The molecule has 0 amide bonds. The highest BCUT2D eigenvalue weighted by molar-refractivity contribution is 5.79. The summed E-state index contributed by atoms with van der Waals surface area (Å²) in [7, 11) is 0. The first-order valence-corrected chi connectivity index (χ1v) is 6.82. The smallest absolute Gasteiger partial charge is 0.254 e. The summed E-state index contributed by atoms with van der Waals surface area (Å²) >= 11 is 0. The summed E-state index contributed by atoms with van der Waals surface area (Å²) in [6, 6.07) is 3.82. The number of rotatable bonds is 3. The molecule has 1 N–H and O–H groups in total. The molecule has 3 aromatic heterocycles. The van der Waals surface area contributed by atoms with E-state index in [9.17, 15) is 0 Å². The zero-order valence-electron chi connectivity index (χ0n) is 11.3. The number of nitrogens with one attached hydrogen (secondary N) is 1. The van der Waals surface area contributed by atoms with Gasteiger partial charge in [-0.15, -0.1) is 0 Å². The minimum Gasteiger partial charge on any atom is -0.264 e. The van der Waals surface area contributed by atoms with Crippen LogP contribution in [0.5, 0.6) is 0 Å². The molecule has 7 heteroatoms. The molecule has 0 aromatic carbocycles. The largest absolute Gasteiger partial charge is 0.264 e. The van der Waals surface area contributed by atoms with Gasteiger partial charge in [0.1, 0.15) is 6.33 Å². The predicted octanol–water partition coefficient (Wildman–Crippen LogP) is 1.45. The second-order valence-electron chi connectivity index (χ2n) is 4.87. The van der Waals surface area contributed by atoms with E-state index in [1.165, 1.54) is 11.9 Å². The fraction of sp³-hybridized carbons (Fsp3) is 0.214. The van der Waals surface area contributed by atoms with E-state index in [-0.39, 0.29) is 0 Å². The van der Waals surface area contributed by atoms with E-state index in [0.29, 0.717) is 5.78 Å². The molecule has 1 aliphatic carbocycles. The number of hydrazone groups is 1. The third-order valence-electron chi connectivity index (χ3n) is 3.52. The van der Waals surface area contributed by atoms with Gasteiger partial charge < -0.3 is 0 Å². The number of anilines is 1. The highest BCUT2D eigenvalue weighted by Gasteiger charge is 2.20. The third kappa shape index (κ3) is 2.12. The first-order chi connectivity index (χ1) is 10.4. The molecule has 1 aliphatic rings. The molecule has 0 spiro atoms. The summed E-state index contributed by atoms with van der Waals surface area (Å²) in [4.78, 5) is 12.7. The number of hydrogen-bond donors (Lipinski definition) is 1. The lowest BCUT2D eigenvalue weighted by Gasteiger charge is -2.08. The van der Waals surface area contributed by atoms with Crippen LogP contribution in [0.15, 0.2) is 36.0 Å². The summed E-state index contributed by atoms with van der Waals surface area (Å²) in [5.41, 5.74) is 6.29. The van der Waals surface area contributed by atoms with Crippen molar-refractivity contribution in [3.05, 3.63) is 47.7 Å². The van der Waals surface area contributed by atoms with Crippen LogP contribution in [0.1, 0.15) is 23.2 Å². The van der Waals surface area contributed by atoms with E-state index in [0.717, 1.165) is 36.3 Å². The standard InChI is InChI=1S/C14H13N7/c1-4-11-12(5-1)19-14-16-9-18-21(14)13(11)20-17-8-10-3-2-6-15-7-10/h2-3,6-9,20H,1,4-5H2. The van der Waals surface area contributed by atoms with Crippen molar-refractivity contribution < 1.29 is 0 Å². The van der Waals surface area contributed by atoms with Crippen LogP contribution >= 0.6 is 0 Å². The van der Waals surface area contributed by atoms with Crippen molar-refractivity contribution in [3.8, 4) is 0 Å².